The predicted octanol–water partition coefficient (Wildman–Crippen LogP) is -0.660. The first kappa shape index (κ1) is 12.8. The van der Waals surface area contributed by atoms with E-state index >= 15 is 0 Å². The van der Waals surface area contributed by atoms with Gasteiger partial charge in [0, 0.05) is 24.7 Å². The summed E-state index contributed by atoms with van der Waals surface area (Å²) < 4.78 is 7.07. The Morgan fingerprint density at radius 1 is 1.78 bits per heavy atom. The average molecular weight is 270 g/mol. The highest BCUT2D eigenvalue weighted by molar-refractivity contribution is 7.15. The van der Waals surface area contributed by atoms with Crippen molar-refractivity contribution in [2.75, 3.05) is 13.7 Å². The molecule has 2 heterocycles. The number of rotatable bonds is 6. The van der Waals surface area contributed by atoms with Gasteiger partial charge in [-0.15, -0.1) is 11.3 Å². The Morgan fingerprint density at radius 3 is 3.22 bits per heavy atom. The van der Waals surface area contributed by atoms with E-state index in [0.29, 0.717) is 12.4 Å². The van der Waals surface area contributed by atoms with Crippen LogP contribution in [0.1, 0.15) is 5.69 Å². The van der Waals surface area contributed by atoms with Gasteiger partial charge in [-0.05, 0) is 0 Å². The molecule has 4 N–H and O–H groups in total. The Kier molecular flexibility index (Phi) is 3.80. The van der Waals surface area contributed by atoms with Gasteiger partial charge in [0.25, 0.3) is 0 Å². The summed E-state index contributed by atoms with van der Waals surface area (Å²) in [6, 6.07) is 0. The Morgan fingerprint density at radius 2 is 2.56 bits per heavy atom. The number of thiazole rings is 1. The SMILES string of the molecule is COc1nc2sccn2c1CNCC(O)C(N)=O. The van der Waals surface area contributed by atoms with Crippen LogP contribution in [0.15, 0.2) is 11.6 Å². The molecule has 98 valence electrons. The summed E-state index contributed by atoms with van der Waals surface area (Å²) in [6.45, 7) is 0.515. The molecule has 8 heteroatoms. The normalized spacial score (nSPS) is 12.8. The van der Waals surface area contributed by atoms with Gasteiger partial charge in [-0.1, -0.05) is 0 Å². The van der Waals surface area contributed by atoms with Crippen molar-refractivity contribution in [3.05, 3.63) is 17.3 Å². The molecule has 0 aliphatic carbocycles. The highest BCUT2D eigenvalue weighted by Crippen LogP contribution is 2.22. The van der Waals surface area contributed by atoms with Gasteiger partial charge in [-0.25, -0.2) is 0 Å². The second-order valence-electron chi connectivity index (χ2n) is 3.67. The maximum Gasteiger partial charge on any atom is 0.247 e. The summed E-state index contributed by atoms with van der Waals surface area (Å²) in [4.78, 5) is 15.8. The molecule has 0 fully saturated rings. The fourth-order valence-corrected chi connectivity index (χ4v) is 2.29. The van der Waals surface area contributed by atoms with E-state index in [1.165, 1.54) is 11.3 Å². The van der Waals surface area contributed by atoms with E-state index in [4.69, 9.17) is 10.5 Å². The molecular weight excluding hydrogens is 256 g/mol. The number of fused-ring (bicyclic) bond motifs is 1. The zero-order valence-corrected chi connectivity index (χ0v) is 10.6. The highest BCUT2D eigenvalue weighted by atomic mass is 32.1. The van der Waals surface area contributed by atoms with Gasteiger partial charge in [-0.3, -0.25) is 9.20 Å². The molecule has 0 aliphatic rings. The summed E-state index contributed by atoms with van der Waals surface area (Å²) in [5.41, 5.74) is 5.79. The molecule has 2 aromatic rings. The standard InChI is InChI=1S/C10H14N4O3S/c1-17-9-6(4-12-5-7(15)8(11)16)14-2-3-18-10(14)13-9/h2-3,7,12,15H,4-5H2,1H3,(H2,11,16). The minimum Gasteiger partial charge on any atom is -0.480 e. The third kappa shape index (κ3) is 2.45. The number of aliphatic hydroxyl groups excluding tert-OH is 1. The van der Waals surface area contributed by atoms with E-state index < -0.39 is 12.0 Å². The summed E-state index contributed by atoms with van der Waals surface area (Å²) in [5, 5.41) is 14.1. The van der Waals surface area contributed by atoms with Gasteiger partial charge in [-0.2, -0.15) is 4.98 Å². The second kappa shape index (κ2) is 5.34. The Balaban J connectivity index is 2.06. The number of carbonyl (C=O) groups excluding carboxylic acids is 1. The van der Waals surface area contributed by atoms with E-state index in [1.807, 2.05) is 16.0 Å². The molecule has 2 aromatic heterocycles. The third-order valence-electron chi connectivity index (χ3n) is 2.48. The van der Waals surface area contributed by atoms with Crippen LogP contribution in [-0.2, 0) is 11.3 Å². The van der Waals surface area contributed by atoms with E-state index in [0.717, 1.165) is 10.7 Å². The number of imidazole rings is 1. The minimum atomic E-state index is -1.19. The Labute approximate surface area is 107 Å². The monoisotopic (exact) mass is 270 g/mol. The van der Waals surface area contributed by atoms with E-state index in [2.05, 4.69) is 10.3 Å². The fourth-order valence-electron chi connectivity index (χ4n) is 1.56. The lowest BCUT2D eigenvalue weighted by atomic mass is 10.3. The number of hydrogen-bond acceptors (Lipinski definition) is 6. The Bertz CT molecular complexity index is 550. The van der Waals surface area contributed by atoms with Crippen molar-refractivity contribution in [3.8, 4) is 5.88 Å². The zero-order valence-electron chi connectivity index (χ0n) is 9.79. The first-order valence-corrected chi connectivity index (χ1v) is 6.18. The van der Waals surface area contributed by atoms with Crippen molar-refractivity contribution >= 4 is 22.2 Å². The van der Waals surface area contributed by atoms with Gasteiger partial charge in [0.1, 0.15) is 11.8 Å². The number of methoxy groups -OCH3 is 1. The summed E-state index contributed by atoms with van der Waals surface area (Å²) in [6.07, 6.45) is 0.693. The molecule has 7 nitrogen and oxygen atoms in total. The number of carbonyl (C=O) groups is 1. The molecule has 0 aromatic carbocycles. The van der Waals surface area contributed by atoms with Gasteiger partial charge in [0.05, 0.1) is 7.11 Å². The van der Waals surface area contributed by atoms with Gasteiger partial charge >= 0.3 is 0 Å². The van der Waals surface area contributed by atoms with Crippen LogP contribution in [0, 0.1) is 0 Å². The highest BCUT2D eigenvalue weighted by Gasteiger charge is 2.15. The average Bonchev–Trinajstić information content (AvgIpc) is 2.90. The number of nitrogens with zero attached hydrogens (tertiary/aromatic N) is 2. The molecule has 0 spiro atoms. The lowest BCUT2D eigenvalue weighted by Crippen LogP contribution is -2.37. The molecule has 0 saturated heterocycles. The summed E-state index contributed by atoms with van der Waals surface area (Å²) in [7, 11) is 1.55. The van der Waals surface area contributed by atoms with Crippen LogP contribution in [0.2, 0.25) is 0 Å². The van der Waals surface area contributed by atoms with Crippen molar-refractivity contribution in [3.63, 3.8) is 0 Å². The third-order valence-corrected chi connectivity index (χ3v) is 3.23. The van der Waals surface area contributed by atoms with Crippen LogP contribution in [0.5, 0.6) is 5.88 Å². The molecule has 0 aliphatic heterocycles. The van der Waals surface area contributed by atoms with Crippen molar-refractivity contribution < 1.29 is 14.6 Å². The first-order valence-electron chi connectivity index (χ1n) is 5.30. The first-order chi connectivity index (χ1) is 8.63. The molecule has 1 amide bonds. The van der Waals surface area contributed by atoms with Gasteiger partial charge < -0.3 is 20.9 Å². The number of aliphatic hydroxyl groups is 1. The quantitative estimate of drug-likeness (QED) is 0.647. The topological polar surface area (TPSA) is 102 Å². The van der Waals surface area contributed by atoms with Crippen molar-refractivity contribution in [2.24, 2.45) is 5.73 Å². The van der Waals surface area contributed by atoms with Crippen molar-refractivity contribution in [1.82, 2.24) is 14.7 Å². The number of hydrogen-bond donors (Lipinski definition) is 3. The number of primary amides is 1. The van der Waals surface area contributed by atoms with Crippen LogP contribution in [0.4, 0.5) is 0 Å². The number of nitrogens with two attached hydrogens (primary N) is 1. The summed E-state index contributed by atoms with van der Waals surface area (Å²) in [5.74, 6) is -0.216. The van der Waals surface area contributed by atoms with Gasteiger partial charge in [0.2, 0.25) is 11.8 Å². The summed E-state index contributed by atoms with van der Waals surface area (Å²) >= 11 is 1.50. The lowest BCUT2D eigenvalue weighted by Gasteiger charge is -2.08. The van der Waals surface area contributed by atoms with Crippen LogP contribution in [-0.4, -0.2) is 40.2 Å². The van der Waals surface area contributed by atoms with Crippen LogP contribution in [0.25, 0.3) is 4.96 Å². The number of nitrogens with one attached hydrogen (secondary N) is 1. The zero-order chi connectivity index (χ0) is 13.1. The molecule has 0 saturated carbocycles. The number of aromatic nitrogens is 2. The lowest BCUT2D eigenvalue weighted by molar-refractivity contribution is -0.125. The second-order valence-corrected chi connectivity index (χ2v) is 4.55. The molecule has 1 atom stereocenters. The largest absolute Gasteiger partial charge is 0.480 e. The molecular formula is C10H14N4O3S. The number of ether oxygens (including phenoxy) is 1. The van der Waals surface area contributed by atoms with Crippen LogP contribution in [0.3, 0.4) is 0 Å². The molecule has 0 bridgehead atoms. The molecule has 2 rings (SSSR count). The van der Waals surface area contributed by atoms with Gasteiger partial charge in [0.15, 0.2) is 4.96 Å². The van der Waals surface area contributed by atoms with E-state index in [1.54, 1.807) is 7.11 Å². The molecule has 1 unspecified atom stereocenters. The van der Waals surface area contributed by atoms with Crippen molar-refractivity contribution in [2.45, 2.75) is 12.6 Å². The van der Waals surface area contributed by atoms with Crippen LogP contribution >= 0.6 is 11.3 Å². The fraction of sp³-hybridized carbons (Fsp3) is 0.400. The van der Waals surface area contributed by atoms with E-state index in [-0.39, 0.29) is 6.54 Å². The Hall–Kier alpha value is -1.64. The maximum absolute atomic E-state index is 10.7. The minimum absolute atomic E-state index is 0.0931. The molecule has 18 heavy (non-hydrogen) atoms. The predicted molar refractivity (Wildman–Crippen MR) is 66.5 cm³/mol. The number of amides is 1. The van der Waals surface area contributed by atoms with Crippen molar-refractivity contribution in [1.29, 1.82) is 0 Å². The molecule has 0 radical (unpaired) electrons. The maximum atomic E-state index is 10.7. The van der Waals surface area contributed by atoms with Crippen LogP contribution < -0.4 is 15.8 Å². The smallest absolute Gasteiger partial charge is 0.247 e. The van der Waals surface area contributed by atoms with E-state index in [9.17, 15) is 9.90 Å².